The van der Waals surface area contributed by atoms with E-state index < -0.39 is 34.4 Å². The summed E-state index contributed by atoms with van der Waals surface area (Å²) in [6, 6.07) is 6.80. The molecule has 0 spiro atoms. The van der Waals surface area contributed by atoms with Gasteiger partial charge >= 0.3 is 10.3 Å². The molecule has 1 aliphatic rings. The molecule has 0 aliphatic carbocycles. The van der Waals surface area contributed by atoms with Crippen molar-refractivity contribution in [3.05, 3.63) is 35.9 Å². The van der Waals surface area contributed by atoms with Crippen LogP contribution in [0.2, 0.25) is 0 Å². The van der Waals surface area contributed by atoms with Crippen molar-refractivity contribution < 1.29 is 32.1 Å². The molecule has 38 heavy (non-hydrogen) atoms. The highest BCUT2D eigenvalue weighted by Crippen LogP contribution is 2.25. The maximum absolute atomic E-state index is 11.5. The Morgan fingerprint density at radius 1 is 0.947 bits per heavy atom. The quantitative estimate of drug-likeness (QED) is 0.107. The molecule has 0 unspecified atom stereocenters. The van der Waals surface area contributed by atoms with Gasteiger partial charge in [-0.1, -0.05) is 83.7 Å². The van der Waals surface area contributed by atoms with Gasteiger partial charge in [0.05, 0.1) is 32.2 Å². The first kappa shape index (κ1) is 33.9. The minimum Gasteiger partial charge on any atom is -0.596 e. The van der Waals surface area contributed by atoms with Crippen LogP contribution in [-0.2, 0) is 26.4 Å². The van der Waals surface area contributed by atoms with E-state index in [0.29, 0.717) is 0 Å². The first-order valence-electron chi connectivity index (χ1n) is 14.1. The molecule has 10 heteroatoms. The van der Waals surface area contributed by atoms with E-state index in [1.165, 1.54) is 89.0 Å². The number of nitrogens with zero attached hydrogens (tertiary/aromatic N) is 3. The molecule has 1 aromatic carbocycles. The Bertz CT molecular complexity index is 902. The zero-order chi connectivity index (χ0) is 28.6. The fourth-order valence-electron chi connectivity index (χ4n) is 4.59. The monoisotopic (exact) mass is 555 g/mol. The number of quaternary nitrogens is 1. The summed E-state index contributed by atoms with van der Waals surface area (Å²) >= 11 is 0. The SMILES string of the molecule is CCCC[N+](CCCC)(CCCC)CCCC.C[C@H]1[C@H](N=C([O-])OCc2ccccc2)C(=O)N1S(=O)(=O)O. The number of rotatable bonds is 16. The predicted molar refractivity (Wildman–Crippen MR) is 150 cm³/mol. The van der Waals surface area contributed by atoms with Crippen LogP contribution >= 0.6 is 0 Å². The average molecular weight is 556 g/mol. The highest BCUT2D eigenvalue weighted by atomic mass is 32.2. The summed E-state index contributed by atoms with van der Waals surface area (Å²) in [5, 5.41) is 11.5. The van der Waals surface area contributed by atoms with E-state index in [4.69, 9.17) is 9.29 Å². The van der Waals surface area contributed by atoms with Gasteiger partial charge in [-0.2, -0.15) is 8.42 Å². The number of ether oxygens (including phenoxy) is 1. The number of hydrogen-bond acceptors (Lipinski definition) is 6. The molecule has 1 aromatic rings. The first-order chi connectivity index (χ1) is 18.0. The summed E-state index contributed by atoms with van der Waals surface area (Å²) in [4.78, 5) is 15.0. The van der Waals surface area contributed by atoms with Crippen molar-refractivity contribution in [2.45, 2.75) is 105 Å². The second-order valence-electron chi connectivity index (χ2n) is 10.1. The van der Waals surface area contributed by atoms with Gasteiger partial charge in [0.15, 0.2) is 6.04 Å². The van der Waals surface area contributed by atoms with Crippen LogP contribution in [0.15, 0.2) is 35.3 Å². The van der Waals surface area contributed by atoms with Crippen LogP contribution in [0.25, 0.3) is 0 Å². The molecule has 1 fully saturated rings. The molecular formula is C28H49N3O6S. The first-order valence-corrected chi connectivity index (χ1v) is 15.5. The molecule has 0 bridgehead atoms. The molecular weight excluding hydrogens is 506 g/mol. The number of aliphatic imine (C=N–C) groups is 1. The maximum Gasteiger partial charge on any atom is 0.362 e. The van der Waals surface area contributed by atoms with E-state index in [2.05, 4.69) is 32.7 Å². The summed E-state index contributed by atoms with van der Waals surface area (Å²) in [6.45, 7) is 16.4. The molecule has 1 amide bonds. The molecule has 1 heterocycles. The van der Waals surface area contributed by atoms with Crippen molar-refractivity contribution >= 4 is 22.3 Å². The van der Waals surface area contributed by atoms with E-state index in [9.17, 15) is 18.3 Å². The van der Waals surface area contributed by atoms with Crippen LogP contribution in [0, 0.1) is 0 Å². The van der Waals surface area contributed by atoms with Gasteiger partial charge in [-0.15, -0.1) is 0 Å². The molecule has 0 aromatic heterocycles. The second-order valence-corrected chi connectivity index (χ2v) is 11.4. The minimum atomic E-state index is -4.62. The maximum atomic E-state index is 11.5. The lowest BCUT2D eigenvalue weighted by Crippen LogP contribution is -2.64. The normalized spacial score (nSPS) is 18.0. The van der Waals surface area contributed by atoms with Gasteiger partial charge in [0.25, 0.3) is 5.91 Å². The lowest BCUT2D eigenvalue weighted by atomic mass is 10.0. The molecule has 218 valence electrons. The molecule has 0 radical (unpaired) electrons. The van der Waals surface area contributed by atoms with Crippen molar-refractivity contribution in [2.75, 3.05) is 26.2 Å². The lowest BCUT2D eigenvalue weighted by molar-refractivity contribution is -0.929. The molecule has 9 nitrogen and oxygen atoms in total. The van der Waals surface area contributed by atoms with Gasteiger partial charge < -0.3 is 14.3 Å². The topological polar surface area (TPSA) is 119 Å². The van der Waals surface area contributed by atoms with Gasteiger partial charge in [0.1, 0.15) is 6.08 Å². The van der Waals surface area contributed by atoms with Crippen molar-refractivity contribution in [2.24, 2.45) is 4.99 Å². The van der Waals surface area contributed by atoms with Gasteiger partial charge in [-0.3, -0.25) is 14.3 Å². The van der Waals surface area contributed by atoms with Crippen LogP contribution in [0.5, 0.6) is 0 Å². The number of benzene rings is 1. The van der Waals surface area contributed by atoms with E-state index in [0.717, 1.165) is 5.56 Å². The van der Waals surface area contributed by atoms with Crippen LogP contribution in [0.1, 0.15) is 91.5 Å². The van der Waals surface area contributed by atoms with E-state index >= 15 is 0 Å². The third-order valence-corrected chi connectivity index (χ3v) is 7.95. The highest BCUT2D eigenvalue weighted by molar-refractivity contribution is 7.84. The van der Waals surface area contributed by atoms with Gasteiger partial charge in [-0.25, -0.2) is 4.31 Å². The van der Waals surface area contributed by atoms with Crippen molar-refractivity contribution in [3.8, 4) is 0 Å². The Morgan fingerprint density at radius 3 is 1.76 bits per heavy atom. The van der Waals surface area contributed by atoms with E-state index in [1.54, 1.807) is 24.3 Å². The number of amides is 1. The van der Waals surface area contributed by atoms with E-state index in [-0.39, 0.29) is 10.9 Å². The third-order valence-electron chi connectivity index (χ3n) is 6.94. The van der Waals surface area contributed by atoms with Crippen molar-refractivity contribution in [1.29, 1.82) is 0 Å². The van der Waals surface area contributed by atoms with Crippen LogP contribution in [-0.4, -0.2) is 72.0 Å². The molecule has 2 atom stereocenters. The highest BCUT2D eigenvalue weighted by Gasteiger charge is 2.50. The second kappa shape index (κ2) is 17.4. The molecule has 1 aliphatic heterocycles. The van der Waals surface area contributed by atoms with Gasteiger partial charge in [0.2, 0.25) is 0 Å². The lowest BCUT2D eigenvalue weighted by Gasteiger charge is -2.40. The Kier molecular flexibility index (Phi) is 15.5. The van der Waals surface area contributed by atoms with Crippen LogP contribution in [0.4, 0.5) is 0 Å². The largest absolute Gasteiger partial charge is 0.596 e. The zero-order valence-electron chi connectivity index (χ0n) is 24.0. The average Bonchev–Trinajstić information content (AvgIpc) is 2.90. The Balaban J connectivity index is 0.000000391. The Morgan fingerprint density at radius 2 is 1.39 bits per heavy atom. The van der Waals surface area contributed by atoms with Crippen molar-refractivity contribution in [1.82, 2.24) is 4.31 Å². The smallest absolute Gasteiger partial charge is 0.362 e. The summed E-state index contributed by atoms with van der Waals surface area (Å²) in [6.07, 6.45) is 10.1. The summed E-state index contributed by atoms with van der Waals surface area (Å²) in [7, 11) is -4.62. The summed E-state index contributed by atoms with van der Waals surface area (Å²) in [5.74, 6) is -0.957. The Labute approximate surface area is 230 Å². The molecule has 2 rings (SSSR count). The van der Waals surface area contributed by atoms with E-state index in [1.807, 2.05) is 6.07 Å². The number of hydrogen-bond donors (Lipinski definition) is 1. The fraction of sp³-hybridized carbons (Fsp3) is 0.714. The zero-order valence-corrected chi connectivity index (χ0v) is 24.8. The standard InChI is InChI=1S/C16H36N.C12H14N2O6S/c1-5-9-13-17(14-10-6-2,15-11-7-3)16-12-8-4;1-8-10(11(15)14(8)21(17,18)19)13-12(16)20-7-9-5-3-2-4-6-9/h5-16H2,1-4H3;2-6,8,10H,7H2,1H3,(H,13,16)(H,17,18,19)/q+1;/p-1/t;8-,10-/m.0/s1. The minimum absolute atomic E-state index is 0.000474. The molecule has 0 saturated carbocycles. The fourth-order valence-corrected chi connectivity index (χ4v) is 5.46. The van der Waals surface area contributed by atoms with Gasteiger partial charge in [0, 0.05) is 6.61 Å². The Hall–Kier alpha value is -2.17. The van der Waals surface area contributed by atoms with Gasteiger partial charge in [-0.05, 0) is 38.2 Å². The number of β-lactam (4-membered cyclic amide) rings is 1. The predicted octanol–water partition coefficient (Wildman–Crippen LogP) is 4.33. The van der Waals surface area contributed by atoms with Crippen LogP contribution in [0.3, 0.4) is 0 Å². The number of carbonyl (C=O) groups excluding carboxylic acids is 1. The molecule has 1 N–H and O–H groups in total. The summed E-state index contributed by atoms with van der Waals surface area (Å²) < 4.78 is 37.1. The van der Waals surface area contributed by atoms with Crippen molar-refractivity contribution in [3.63, 3.8) is 0 Å². The number of carbonyl (C=O) groups is 1. The van der Waals surface area contributed by atoms with Crippen LogP contribution < -0.4 is 5.11 Å². The number of unbranched alkanes of at least 4 members (excludes halogenated alkanes) is 4. The summed E-state index contributed by atoms with van der Waals surface area (Å²) in [5.41, 5.74) is 0.758. The third kappa shape index (κ3) is 11.3. The molecule has 1 saturated heterocycles.